The molecule has 0 aromatic heterocycles. The van der Waals surface area contributed by atoms with Crippen molar-refractivity contribution in [1.29, 1.82) is 0 Å². The van der Waals surface area contributed by atoms with E-state index in [1.807, 2.05) is 30.3 Å². The first-order valence-electron chi connectivity index (χ1n) is 4.43. The molecule has 1 heterocycles. The number of hydrogen-bond donors (Lipinski definition) is 1. The van der Waals surface area contributed by atoms with Gasteiger partial charge >= 0.3 is 5.97 Å². The van der Waals surface area contributed by atoms with Crippen molar-refractivity contribution in [2.75, 3.05) is 0 Å². The van der Waals surface area contributed by atoms with Crippen molar-refractivity contribution in [3.05, 3.63) is 35.9 Å². The number of nitrogens with one attached hydrogen (secondary N) is 1. The second kappa shape index (κ2) is 3.98. The average molecular weight is 212 g/mol. The van der Waals surface area contributed by atoms with Gasteiger partial charge in [-0.25, -0.2) is 4.84 Å². The van der Waals surface area contributed by atoms with Crippen LogP contribution in [0.15, 0.2) is 30.3 Å². The van der Waals surface area contributed by atoms with Gasteiger partial charge in [0.15, 0.2) is 0 Å². The SMILES string of the molecule is O=C1O[C@H](c2ccccc2)C[C@@H]1NCl. The van der Waals surface area contributed by atoms with E-state index in [1.165, 1.54) is 0 Å². The number of ether oxygens (including phenoxy) is 1. The van der Waals surface area contributed by atoms with Crippen molar-refractivity contribution < 1.29 is 9.53 Å². The van der Waals surface area contributed by atoms with E-state index in [9.17, 15) is 4.79 Å². The molecule has 2 rings (SSSR count). The Hall–Kier alpha value is -1.06. The summed E-state index contributed by atoms with van der Waals surface area (Å²) in [4.78, 5) is 13.6. The van der Waals surface area contributed by atoms with E-state index in [1.54, 1.807) is 0 Å². The molecule has 0 aliphatic carbocycles. The molecule has 1 fully saturated rings. The summed E-state index contributed by atoms with van der Waals surface area (Å²) in [7, 11) is 0. The normalized spacial score (nSPS) is 26.2. The fraction of sp³-hybridized carbons (Fsp3) is 0.300. The summed E-state index contributed by atoms with van der Waals surface area (Å²) in [5.41, 5.74) is 1.01. The van der Waals surface area contributed by atoms with E-state index >= 15 is 0 Å². The van der Waals surface area contributed by atoms with Gasteiger partial charge < -0.3 is 4.74 Å². The molecule has 0 spiro atoms. The predicted octanol–water partition coefficient (Wildman–Crippen LogP) is 1.79. The standard InChI is InChI=1S/C10H10ClNO2/c11-12-8-6-9(14-10(8)13)7-4-2-1-3-5-7/h1-5,8-9,12H,6H2/t8-,9-/m0/s1. The van der Waals surface area contributed by atoms with Crippen LogP contribution in [0.5, 0.6) is 0 Å². The number of cyclic esters (lactones) is 1. The molecule has 0 unspecified atom stereocenters. The lowest BCUT2D eigenvalue weighted by atomic mass is 10.1. The molecular formula is C10H10ClNO2. The number of carbonyl (C=O) groups excluding carboxylic acids is 1. The van der Waals surface area contributed by atoms with Crippen molar-refractivity contribution >= 4 is 17.7 Å². The first-order chi connectivity index (χ1) is 6.81. The van der Waals surface area contributed by atoms with E-state index in [2.05, 4.69) is 4.84 Å². The van der Waals surface area contributed by atoms with Crippen LogP contribution in [-0.2, 0) is 9.53 Å². The molecule has 2 atom stereocenters. The molecule has 14 heavy (non-hydrogen) atoms. The van der Waals surface area contributed by atoms with Crippen molar-refractivity contribution in [1.82, 2.24) is 4.84 Å². The fourth-order valence-electron chi connectivity index (χ4n) is 1.54. The molecule has 74 valence electrons. The summed E-state index contributed by atoms with van der Waals surface area (Å²) in [6, 6.07) is 9.26. The van der Waals surface area contributed by atoms with Crippen molar-refractivity contribution in [2.24, 2.45) is 0 Å². The smallest absolute Gasteiger partial charge is 0.325 e. The zero-order valence-corrected chi connectivity index (χ0v) is 8.20. The van der Waals surface area contributed by atoms with Gasteiger partial charge in [-0.05, 0) is 17.3 Å². The van der Waals surface area contributed by atoms with Gasteiger partial charge in [-0.3, -0.25) is 4.79 Å². The molecule has 1 aliphatic heterocycles. The maximum absolute atomic E-state index is 11.2. The second-order valence-electron chi connectivity index (χ2n) is 3.23. The predicted molar refractivity (Wildman–Crippen MR) is 52.7 cm³/mol. The van der Waals surface area contributed by atoms with Crippen molar-refractivity contribution in [3.8, 4) is 0 Å². The Kier molecular flexibility index (Phi) is 2.70. The maximum atomic E-state index is 11.2. The molecular weight excluding hydrogens is 202 g/mol. The summed E-state index contributed by atoms with van der Waals surface area (Å²) in [5.74, 6) is -0.283. The van der Waals surface area contributed by atoms with Crippen LogP contribution in [-0.4, -0.2) is 12.0 Å². The fourth-order valence-corrected chi connectivity index (χ4v) is 1.72. The molecule has 1 aromatic carbocycles. The van der Waals surface area contributed by atoms with Crippen LogP contribution in [0.25, 0.3) is 0 Å². The van der Waals surface area contributed by atoms with Crippen molar-refractivity contribution in [2.45, 2.75) is 18.6 Å². The van der Waals surface area contributed by atoms with E-state index in [0.717, 1.165) is 5.56 Å². The lowest BCUT2D eigenvalue weighted by molar-refractivity contribution is -0.142. The summed E-state index contributed by atoms with van der Waals surface area (Å²) in [5, 5.41) is 0. The first kappa shape index (κ1) is 9.49. The molecule has 0 saturated carbocycles. The largest absolute Gasteiger partial charge is 0.456 e. The molecule has 1 aromatic rings. The Morgan fingerprint density at radius 1 is 1.36 bits per heavy atom. The second-order valence-corrected chi connectivity index (χ2v) is 3.45. The molecule has 3 nitrogen and oxygen atoms in total. The van der Waals surface area contributed by atoms with Gasteiger partial charge in [0.1, 0.15) is 12.1 Å². The Morgan fingerprint density at radius 2 is 2.07 bits per heavy atom. The molecule has 0 bridgehead atoms. The molecule has 0 amide bonds. The lowest BCUT2D eigenvalue weighted by Gasteiger charge is -2.07. The Labute approximate surface area is 87.1 Å². The van der Waals surface area contributed by atoms with Gasteiger partial charge in [0.2, 0.25) is 0 Å². The minimum Gasteiger partial charge on any atom is -0.456 e. The summed E-state index contributed by atoms with van der Waals surface area (Å²) >= 11 is 5.40. The van der Waals surface area contributed by atoms with E-state index in [-0.39, 0.29) is 18.1 Å². The average Bonchev–Trinajstić information content (AvgIpc) is 2.61. The monoisotopic (exact) mass is 211 g/mol. The van der Waals surface area contributed by atoms with Crippen LogP contribution in [0.1, 0.15) is 18.1 Å². The van der Waals surface area contributed by atoms with Gasteiger partial charge in [-0.15, -0.1) is 0 Å². The highest BCUT2D eigenvalue weighted by atomic mass is 35.5. The lowest BCUT2D eigenvalue weighted by Crippen LogP contribution is -2.25. The third kappa shape index (κ3) is 1.74. The van der Waals surface area contributed by atoms with E-state index in [0.29, 0.717) is 6.42 Å². The number of benzene rings is 1. The highest BCUT2D eigenvalue weighted by Gasteiger charge is 2.34. The number of esters is 1. The summed E-state index contributed by atoms with van der Waals surface area (Å²) in [6.07, 6.45) is 0.423. The third-order valence-corrected chi connectivity index (χ3v) is 2.56. The van der Waals surface area contributed by atoms with Crippen LogP contribution < -0.4 is 4.84 Å². The zero-order chi connectivity index (χ0) is 9.97. The van der Waals surface area contributed by atoms with Gasteiger partial charge in [0, 0.05) is 6.42 Å². The summed E-state index contributed by atoms with van der Waals surface area (Å²) in [6.45, 7) is 0. The van der Waals surface area contributed by atoms with Crippen LogP contribution in [0, 0.1) is 0 Å². The molecule has 4 heteroatoms. The number of halogens is 1. The quantitative estimate of drug-likeness (QED) is 0.599. The maximum Gasteiger partial charge on any atom is 0.325 e. The Balaban J connectivity index is 2.13. The molecule has 1 N–H and O–H groups in total. The molecule has 0 radical (unpaired) electrons. The van der Waals surface area contributed by atoms with Gasteiger partial charge in [0.25, 0.3) is 0 Å². The van der Waals surface area contributed by atoms with E-state index in [4.69, 9.17) is 16.5 Å². The highest BCUT2D eigenvalue weighted by molar-refractivity contribution is 6.15. The molecule has 1 saturated heterocycles. The zero-order valence-electron chi connectivity index (χ0n) is 7.44. The number of rotatable bonds is 2. The van der Waals surface area contributed by atoms with Crippen LogP contribution in [0.2, 0.25) is 0 Å². The topological polar surface area (TPSA) is 38.3 Å². The van der Waals surface area contributed by atoms with Gasteiger partial charge in [0.05, 0.1) is 0 Å². The summed E-state index contributed by atoms with van der Waals surface area (Å²) < 4.78 is 5.16. The minimum atomic E-state index is -0.387. The highest BCUT2D eigenvalue weighted by Crippen LogP contribution is 2.29. The Morgan fingerprint density at radius 3 is 2.64 bits per heavy atom. The van der Waals surface area contributed by atoms with Crippen molar-refractivity contribution in [3.63, 3.8) is 0 Å². The first-order valence-corrected chi connectivity index (χ1v) is 4.80. The van der Waals surface area contributed by atoms with Gasteiger partial charge in [-0.2, -0.15) is 0 Å². The number of hydrogen-bond acceptors (Lipinski definition) is 3. The van der Waals surface area contributed by atoms with Crippen LogP contribution in [0.4, 0.5) is 0 Å². The third-order valence-electron chi connectivity index (χ3n) is 2.30. The van der Waals surface area contributed by atoms with E-state index < -0.39 is 0 Å². The van der Waals surface area contributed by atoms with Gasteiger partial charge in [-0.1, -0.05) is 30.3 Å². The van der Waals surface area contributed by atoms with Crippen LogP contribution in [0.3, 0.4) is 0 Å². The Bertz CT molecular complexity index is 328. The van der Waals surface area contributed by atoms with Crippen LogP contribution >= 0.6 is 11.8 Å². The minimum absolute atomic E-state index is 0.167. The molecule has 1 aliphatic rings. The number of carbonyl (C=O) groups is 1.